The van der Waals surface area contributed by atoms with E-state index >= 15 is 0 Å². The smallest absolute Gasteiger partial charge is 0.327 e. The van der Waals surface area contributed by atoms with Crippen LogP contribution in [0, 0.1) is 0 Å². The first-order valence-electron chi connectivity index (χ1n) is 9.85. The van der Waals surface area contributed by atoms with E-state index in [1.807, 2.05) is 0 Å². The zero-order chi connectivity index (χ0) is 18.3. The molecule has 0 aromatic carbocycles. The van der Waals surface area contributed by atoms with E-state index < -0.39 is 25.9 Å². The van der Waals surface area contributed by atoms with Gasteiger partial charge in [0.05, 0.1) is 12.3 Å². The second-order valence-electron chi connectivity index (χ2n) is 7.11. The number of aliphatic hydroxyl groups excluding tert-OH is 1. The highest BCUT2D eigenvalue weighted by Crippen LogP contribution is 2.35. The summed E-state index contributed by atoms with van der Waals surface area (Å²) in [6.45, 7) is 2.25. The van der Waals surface area contributed by atoms with Crippen LogP contribution in [0.4, 0.5) is 0 Å². The molecule has 5 nitrogen and oxygen atoms in total. The average Bonchev–Trinajstić information content (AvgIpc) is 2.50. The van der Waals surface area contributed by atoms with Crippen molar-refractivity contribution in [3.63, 3.8) is 0 Å². The number of hydrogen-bond acceptors (Lipinski definition) is 3. The Balaban J connectivity index is 3.31. The maximum atomic E-state index is 10.8. The summed E-state index contributed by atoms with van der Waals surface area (Å²) in [6.07, 6.45) is 15.8. The Kier molecular flexibility index (Phi) is 15.4. The fraction of sp³-hybridized carbons (Fsp3) is 1.00. The van der Waals surface area contributed by atoms with Crippen LogP contribution in [0.1, 0.15) is 96.8 Å². The van der Waals surface area contributed by atoms with Gasteiger partial charge in [-0.05, 0) is 6.42 Å². The molecule has 24 heavy (non-hydrogen) atoms. The molecule has 0 spiro atoms. The fourth-order valence-electron chi connectivity index (χ4n) is 2.98. The number of nitrogens with two attached hydrogens (primary N) is 1. The summed E-state index contributed by atoms with van der Waals surface area (Å²) in [5, 5.41) is 9.79. The summed E-state index contributed by atoms with van der Waals surface area (Å²) in [7, 11) is -4.13. The molecule has 2 atom stereocenters. The lowest BCUT2D eigenvalue weighted by Gasteiger charge is -2.19. The quantitative estimate of drug-likeness (QED) is 0.227. The van der Waals surface area contributed by atoms with Crippen molar-refractivity contribution in [2.75, 3.05) is 6.16 Å². The molecule has 0 aliphatic carbocycles. The first-order chi connectivity index (χ1) is 11.4. The molecule has 0 heterocycles. The number of hydrogen-bond donors (Lipinski definition) is 4. The van der Waals surface area contributed by atoms with Gasteiger partial charge in [-0.15, -0.1) is 0 Å². The molecule has 0 aliphatic rings. The number of aliphatic hydroxyl groups is 1. The fourth-order valence-corrected chi connectivity index (χ4v) is 3.77. The predicted molar refractivity (Wildman–Crippen MR) is 101 cm³/mol. The zero-order valence-corrected chi connectivity index (χ0v) is 16.4. The van der Waals surface area contributed by atoms with Crippen LogP contribution in [-0.4, -0.2) is 33.2 Å². The minimum Gasteiger partial charge on any atom is -0.391 e. The van der Waals surface area contributed by atoms with Crippen LogP contribution in [0.5, 0.6) is 0 Å². The minimum atomic E-state index is -4.13. The third kappa shape index (κ3) is 16.9. The Morgan fingerprint density at radius 2 is 1.17 bits per heavy atom. The van der Waals surface area contributed by atoms with Gasteiger partial charge in [-0.2, -0.15) is 0 Å². The average molecular weight is 365 g/mol. The minimum absolute atomic E-state index is 0.438. The summed E-state index contributed by atoms with van der Waals surface area (Å²) >= 11 is 0. The van der Waals surface area contributed by atoms with Gasteiger partial charge in [0.1, 0.15) is 0 Å². The molecule has 0 fully saturated rings. The standard InChI is InChI=1S/C18H40NO4P/c1-2-3-4-5-6-7-8-9-10-11-12-13-14-15-18(20)17(19)16-24(21,22)23/h17-18,20H,2-16,19H2,1H3,(H2,21,22,23)/t17-,18+/m0/s1. The molecule has 0 amide bonds. The van der Waals surface area contributed by atoms with Crippen molar-refractivity contribution in [1.29, 1.82) is 0 Å². The van der Waals surface area contributed by atoms with E-state index in [4.69, 9.17) is 15.5 Å². The second-order valence-corrected chi connectivity index (χ2v) is 8.80. The van der Waals surface area contributed by atoms with Crippen molar-refractivity contribution < 1.29 is 19.5 Å². The molecule has 0 radical (unpaired) electrons. The first kappa shape index (κ1) is 24.1. The van der Waals surface area contributed by atoms with Crippen LogP contribution in [0.25, 0.3) is 0 Å². The first-order valence-corrected chi connectivity index (χ1v) is 11.6. The monoisotopic (exact) mass is 365 g/mol. The molecular weight excluding hydrogens is 325 g/mol. The van der Waals surface area contributed by atoms with Gasteiger partial charge in [-0.1, -0.05) is 90.4 Å². The predicted octanol–water partition coefficient (Wildman–Crippen LogP) is 4.33. The molecule has 0 rings (SSSR count). The van der Waals surface area contributed by atoms with Crippen LogP contribution < -0.4 is 5.73 Å². The maximum Gasteiger partial charge on any atom is 0.327 e. The Bertz CT molecular complexity index is 322. The molecule has 0 aliphatic heterocycles. The summed E-state index contributed by atoms with van der Waals surface area (Å²) in [6, 6.07) is -0.830. The molecule has 0 bridgehead atoms. The number of unbranched alkanes of at least 4 members (excludes halogenated alkanes) is 12. The van der Waals surface area contributed by atoms with Gasteiger partial charge in [0.2, 0.25) is 0 Å². The van der Waals surface area contributed by atoms with E-state index in [0.29, 0.717) is 6.42 Å². The van der Waals surface area contributed by atoms with Crippen molar-refractivity contribution in [3.8, 4) is 0 Å². The van der Waals surface area contributed by atoms with Crippen molar-refractivity contribution in [3.05, 3.63) is 0 Å². The summed E-state index contributed by atoms with van der Waals surface area (Å²) in [4.78, 5) is 17.7. The third-order valence-corrected chi connectivity index (χ3v) is 5.44. The Labute approximate surface area is 148 Å². The SMILES string of the molecule is CCCCCCCCCCCCCCC[C@@H](O)[C@@H](N)CP(=O)(O)O. The molecular formula is C18H40NO4P. The second kappa shape index (κ2) is 15.3. The topological polar surface area (TPSA) is 104 Å². The largest absolute Gasteiger partial charge is 0.391 e. The van der Waals surface area contributed by atoms with Gasteiger partial charge < -0.3 is 20.6 Å². The molecule has 0 aromatic heterocycles. The van der Waals surface area contributed by atoms with Crippen molar-refractivity contribution in [2.24, 2.45) is 5.73 Å². The van der Waals surface area contributed by atoms with Crippen LogP contribution >= 0.6 is 7.60 Å². The van der Waals surface area contributed by atoms with Crippen molar-refractivity contribution >= 4 is 7.60 Å². The molecule has 6 heteroatoms. The van der Waals surface area contributed by atoms with E-state index in [1.54, 1.807) is 0 Å². The van der Waals surface area contributed by atoms with Crippen LogP contribution in [0.15, 0.2) is 0 Å². The highest BCUT2D eigenvalue weighted by Gasteiger charge is 2.23. The van der Waals surface area contributed by atoms with Gasteiger partial charge in [-0.3, -0.25) is 4.57 Å². The van der Waals surface area contributed by atoms with Crippen molar-refractivity contribution in [2.45, 2.75) is 109 Å². The Morgan fingerprint density at radius 3 is 1.54 bits per heavy atom. The van der Waals surface area contributed by atoms with Crippen LogP contribution in [-0.2, 0) is 4.57 Å². The molecule has 5 N–H and O–H groups in total. The lowest BCUT2D eigenvalue weighted by Crippen LogP contribution is -2.37. The molecule has 0 unspecified atom stereocenters. The van der Waals surface area contributed by atoms with E-state index in [2.05, 4.69) is 6.92 Å². The van der Waals surface area contributed by atoms with Crippen LogP contribution in [0.2, 0.25) is 0 Å². The lowest BCUT2D eigenvalue weighted by atomic mass is 10.0. The van der Waals surface area contributed by atoms with E-state index in [9.17, 15) is 9.67 Å². The summed E-state index contributed by atoms with van der Waals surface area (Å²) < 4.78 is 10.8. The Morgan fingerprint density at radius 1 is 0.792 bits per heavy atom. The van der Waals surface area contributed by atoms with Crippen molar-refractivity contribution in [1.82, 2.24) is 0 Å². The maximum absolute atomic E-state index is 10.8. The highest BCUT2D eigenvalue weighted by molar-refractivity contribution is 7.51. The summed E-state index contributed by atoms with van der Waals surface area (Å²) in [5.74, 6) is 0. The molecule has 0 saturated heterocycles. The van der Waals surface area contributed by atoms with E-state index in [0.717, 1.165) is 19.3 Å². The zero-order valence-electron chi connectivity index (χ0n) is 15.5. The van der Waals surface area contributed by atoms with Gasteiger partial charge in [0.25, 0.3) is 0 Å². The van der Waals surface area contributed by atoms with E-state index in [-0.39, 0.29) is 0 Å². The lowest BCUT2D eigenvalue weighted by molar-refractivity contribution is 0.136. The van der Waals surface area contributed by atoms with Gasteiger partial charge in [0, 0.05) is 6.04 Å². The molecule has 0 aromatic rings. The Hall–Kier alpha value is 0.0700. The normalized spacial score (nSPS) is 14.7. The number of rotatable bonds is 17. The van der Waals surface area contributed by atoms with E-state index in [1.165, 1.54) is 64.2 Å². The van der Waals surface area contributed by atoms with Gasteiger partial charge >= 0.3 is 7.60 Å². The third-order valence-electron chi connectivity index (χ3n) is 4.55. The molecule has 0 saturated carbocycles. The van der Waals surface area contributed by atoms with Crippen LogP contribution in [0.3, 0.4) is 0 Å². The molecule has 146 valence electrons. The van der Waals surface area contributed by atoms with Gasteiger partial charge in [-0.25, -0.2) is 0 Å². The highest BCUT2D eigenvalue weighted by atomic mass is 31.2. The van der Waals surface area contributed by atoms with Gasteiger partial charge in [0.15, 0.2) is 0 Å². The summed E-state index contributed by atoms with van der Waals surface area (Å²) in [5.41, 5.74) is 5.61.